The van der Waals surface area contributed by atoms with E-state index in [9.17, 15) is 13.2 Å². The smallest absolute Gasteiger partial charge is 0.254 e. The van der Waals surface area contributed by atoms with Crippen LogP contribution in [0.1, 0.15) is 55.3 Å². The van der Waals surface area contributed by atoms with Crippen LogP contribution in [0.5, 0.6) is 0 Å². The highest BCUT2D eigenvalue weighted by molar-refractivity contribution is 7.91. The Hall–Kier alpha value is -0.920. The molecule has 0 aromatic carbocycles. The Morgan fingerprint density at radius 2 is 1.48 bits per heavy atom. The van der Waals surface area contributed by atoms with Crippen molar-refractivity contribution < 1.29 is 13.2 Å². The fourth-order valence-corrected chi connectivity index (χ4v) is 6.08. The normalized spacial score (nSPS) is 21.1. The molecule has 0 spiro atoms. The molecule has 2 aliphatic rings. The first-order valence-corrected chi connectivity index (χ1v) is 10.8. The minimum absolute atomic E-state index is 0.0294. The number of thiophene rings is 1. The maximum atomic E-state index is 12.8. The monoisotopic (exact) mass is 356 g/mol. The van der Waals surface area contributed by atoms with E-state index >= 15 is 0 Å². The lowest BCUT2D eigenvalue weighted by Gasteiger charge is -2.26. The van der Waals surface area contributed by atoms with E-state index < -0.39 is 10.0 Å². The summed E-state index contributed by atoms with van der Waals surface area (Å²) in [7, 11) is -3.45. The fourth-order valence-electron chi connectivity index (χ4n) is 3.25. The molecule has 0 N–H and O–H groups in total. The molecule has 2 saturated heterocycles. The van der Waals surface area contributed by atoms with Gasteiger partial charge in [-0.3, -0.25) is 4.79 Å². The van der Waals surface area contributed by atoms with Gasteiger partial charge in [-0.15, -0.1) is 11.3 Å². The minimum atomic E-state index is -3.45. The number of sulfonamides is 1. The molecule has 2 aliphatic heterocycles. The van der Waals surface area contributed by atoms with Gasteiger partial charge in [0, 0.05) is 31.6 Å². The summed E-state index contributed by atoms with van der Waals surface area (Å²) in [6.45, 7) is 2.75. The molecule has 3 rings (SSSR count). The Morgan fingerprint density at radius 3 is 2.13 bits per heavy atom. The summed E-state index contributed by atoms with van der Waals surface area (Å²) in [4.78, 5) is 14.3. The van der Waals surface area contributed by atoms with Crippen molar-refractivity contribution in [2.45, 2.75) is 49.2 Å². The second-order valence-electron chi connectivity index (χ2n) is 6.33. The van der Waals surface area contributed by atoms with E-state index in [2.05, 4.69) is 0 Å². The van der Waals surface area contributed by atoms with Crippen molar-refractivity contribution >= 4 is 27.3 Å². The number of carbonyl (C=O) groups excluding carboxylic acids is 1. The Morgan fingerprint density at radius 1 is 0.913 bits per heavy atom. The summed E-state index contributed by atoms with van der Waals surface area (Å²) in [6.07, 6.45) is 7.27. The average Bonchev–Trinajstić information content (AvgIpc) is 2.91. The Balaban J connectivity index is 1.76. The average molecular weight is 357 g/mol. The number of carbonyl (C=O) groups is 1. The van der Waals surface area contributed by atoms with Gasteiger partial charge in [-0.05, 0) is 38.2 Å². The zero-order valence-electron chi connectivity index (χ0n) is 13.4. The number of hydrogen-bond donors (Lipinski definition) is 0. The van der Waals surface area contributed by atoms with E-state index in [1.165, 1.54) is 17.8 Å². The lowest BCUT2D eigenvalue weighted by molar-refractivity contribution is 0.0725. The Labute approximate surface area is 142 Å². The number of nitrogens with zero attached hydrogens (tertiary/aromatic N) is 2. The molecule has 1 aromatic heterocycles. The predicted octanol–water partition coefficient (Wildman–Crippen LogP) is 2.94. The molecule has 0 radical (unpaired) electrons. The topological polar surface area (TPSA) is 57.7 Å². The van der Waals surface area contributed by atoms with Gasteiger partial charge in [-0.25, -0.2) is 8.42 Å². The highest BCUT2D eigenvalue weighted by Crippen LogP contribution is 2.27. The summed E-state index contributed by atoms with van der Waals surface area (Å²) in [5, 5.41) is 1.70. The summed E-state index contributed by atoms with van der Waals surface area (Å²) >= 11 is 1.17. The summed E-state index contributed by atoms with van der Waals surface area (Å²) in [5.74, 6) is -0.0294. The first-order chi connectivity index (χ1) is 11.1. The van der Waals surface area contributed by atoms with E-state index in [4.69, 9.17) is 0 Å². The van der Waals surface area contributed by atoms with Crippen molar-refractivity contribution in [1.82, 2.24) is 9.21 Å². The second-order valence-corrected chi connectivity index (χ2v) is 9.40. The number of amides is 1. The van der Waals surface area contributed by atoms with E-state index in [0.717, 1.165) is 51.6 Å². The lowest BCUT2D eigenvalue weighted by Crippen LogP contribution is -2.35. The molecule has 0 saturated carbocycles. The van der Waals surface area contributed by atoms with Crippen LogP contribution in [-0.4, -0.2) is 49.7 Å². The summed E-state index contributed by atoms with van der Waals surface area (Å²) < 4.78 is 27.4. The van der Waals surface area contributed by atoms with Crippen LogP contribution in [0, 0.1) is 0 Å². The van der Waals surface area contributed by atoms with Gasteiger partial charge in [0.1, 0.15) is 4.21 Å². The van der Waals surface area contributed by atoms with Gasteiger partial charge >= 0.3 is 0 Å². The van der Waals surface area contributed by atoms with Crippen LogP contribution in [0.15, 0.2) is 15.7 Å². The molecule has 0 aliphatic carbocycles. The zero-order chi connectivity index (χ0) is 16.3. The van der Waals surface area contributed by atoms with E-state index in [-0.39, 0.29) is 5.91 Å². The zero-order valence-corrected chi connectivity index (χ0v) is 15.0. The second kappa shape index (κ2) is 7.32. The fraction of sp³-hybridized carbons (Fsp3) is 0.688. The first kappa shape index (κ1) is 16.9. The van der Waals surface area contributed by atoms with Crippen molar-refractivity contribution in [3.8, 4) is 0 Å². The largest absolute Gasteiger partial charge is 0.339 e. The highest BCUT2D eigenvalue weighted by Gasteiger charge is 2.28. The van der Waals surface area contributed by atoms with Gasteiger partial charge in [-0.1, -0.05) is 12.8 Å². The standard InChI is InChI=1S/C16H24N2O3S2/c19-16(17-8-4-3-5-9-17)14-12-15(22-13-14)23(20,21)18-10-6-1-2-7-11-18/h12-13H,1-11H2. The van der Waals surface area contributed by atoms with Crippen LogP contribution < -0.4 is 0 Å². The molecule has 128 valence electrons. The molecule has 0 atom stereocenters. The van der Waals surface area contributed by atoms with Crippen molar-refractivity contribution in [1.29, 1.82) is 0 Å². The van der Waals surface area contributed by atoms with Crippen LogP contribution in [0.25, 0.3) is 0 Å². The summed E-state index contributed by atoms with van der Waals surface area (Å²) in [6, 6.07) is 1.57. The molecule has 3 heterocycles. The number of hydrogen-bond acceptors (Lipinski definition) is 4. The molecule has 0 unspecified atom stereocenters. The first-order valence-electron chi connectivity index (χ1n) is 8.47. The maximum absolute atomic E-state index is 12.8. The molecule has 1 aromatic rings. The highest BCUT2D eigenvalue weighted by atomic mass is 32.2. The third-order valence-corrected chi connectivity index (χ3v) is 7.94. The van der Waals surface area contributed by atoms with Gasteiger partial charge in [0.2, 0.25) is 0 Å². The quantitative estimate of drug-likeness (QED) is 0.837. The molecule has 7 heteroatoms. The lowest BCUT2D eigenvalue weighted by atomic mass is 10.1. The third-order valence-electron chi connectivity index (χ3n) is 4.62. The van der Waals surface area contributed by atoms with Crippen molar-refractivity contribution in [3.05, 3.63) is 17.0 Å². The van der Waals surface area contributed by atoms with Crippen molar-refractivity contribution in [3.63, 3.8) is 0 Å². The van der Waals surface area contributed by atoms with Gasteiger partial charge < -0.3 is 4.90 Å². The van der Waals surface area contributed by atoms with Gasteiger partial charge in [-0.2, -0.15) is 4.31 Å². The van der Waals surface area contributed by atoms with Crippen LogP contribution >= 0.6 is 11.3 Å². The third kappa shape index (κ3) is 3.78. The van der Waals surface area contributed by atoms with Gasteiger partial charge in [0.15, 0.2) is 0 Å². The van der Waals surface area contributed by atoms with Crippen LogP contribution in [0.2, 0.25) is 0 Å². The molecule has 0 bridgehead atoms. The van der Waals surface area contributed by atoms with Crippen LogP contribution in [0.3, 0.4) is 0 Å². The molecule has 2 fully saturated rings. The van der Waals surface area contributed by atoms with E-state index in [0.29, 0.717) is 22.9 Å². The summed E-state index contributed by atoms with van der Waals surface area (Å²) in [5.41, 5.74) is 0.519. The predicted molar refractivity (Wildman–Crippen MR) is 91.3 cm³/mol. The van der Waals surface area contributed by atoms with Crippen LogP contribution in [0.4, 0.5) is 0 Å². The molecule has 23 heavy (non-hydrogen) atoms. The number of likely N-dealkylation sites (tertiary alicyclic amines) is 1. The minimum Gasteiger partial charge on any atom is -0.339 e. The molecular weight excluding hydrogens is 332 g/mol. The van der Waals surface area contributed by atoms with Crippen molar-refractivity contribution in [2.24, 2.45) is 0 Å². The Bertz CT molecular complexity index is 640. The van der Waals surface area contributed by atoms with Crippen LogP contribution in [-0.2, 0) is 10.0 Å². The van der Waals surface area contributed by atoms with Gasteiger partial charge in [0.25, 0.3) is 15.9 Å². The maximum Gasteiger partial charge on any atom is 0.254 e. The van der Waals surface area contributed by atoms with Gasteiger partial charge in [0.05, 0.1) is 5.56 Å². The molecular formula is C16H24N2O3S2. The molecule has 5 nitrogen and oxygen atoms in total. The van der Waals surface area contributed by atoms with Crippen molar-refractivity contribution in [2.75, 3.05) is 26.2 Å². The van der Waals surface area contributed by atoms with E-state index in [1.807, 2.05) is 4.90 Å². The Kier molecular flexibility index (Phi) is 5.38. The SMILES string of the molecule is O=C(c1csc(S(=O)(=O)N2CCCCCC2)c1)N1CCCCC1. The molecule has 1 amide bonds. The number of rotatable bonds is 3. The number of piperidine rings is 1. The van der Waals surface area contributed by atoms with E-state index in [1.54, 1.807) is 15.8 Å².